The van der Waals surface area contributed by atoms with Crippen molar-refractivity contribution in [2.24, 2.45) is 0 Å². The molecule has 7 heteroatoms. The van der Waals surface area contributed by atoms with Gasteiger partial charge in [-0.15, -0.1) is 0 Å². The van der Waals surface area contributed by atoms with Gasteiger partial charge in [0, 0.05) is 38.2 Å². The molecule has 1 amide bonds. The fourth-order valence-electron chi connectivity index (χ4n) is 3.64. The number of nitrogens with zero attached hydrogens (tertiary/aromatic N) is 4. The lowest BCUT2D eigenvalue weighted by atomic mass is 10.0. The molecule has 4 rings (SSSR count). The molecule has 0 unspecified atom stereocenters. The van der Waals surface area contributed by atoms with Crippen molar-refractivity contribution in [1.82, 2.24) is 14.9 Å². The van der Waals surface area contributed by atoms with E-state index in [9.17, 15) is 4.79 Å². The third-order valence-electron chi connectivity index (χ3n) is 4.99. The molecule has 7 nitrogen and oxygen atoms in total. The molecule has 2 aliphatic rings. The summed E-state index contributed by atoms with van der Waals surface area (Å²) >= 11 is 0. The van der Waals surface area contributed by atoms with Crippen LogP contribution in [0.2, 0.25) is 0 Å². The number of benzene rings is 1. The SMILES string of the molecule is CCOC(=O)N1CCN(c2nc(C)nc3c2Cc2ccccc2OC3)CC1. The minimum Gasteiger partial charge on any atom is -0.487 e. The maximum Gasteiger partial charge on any atom is 0.409 e. The summed E-state index contributed by atoms with van der Waals surface area (Å²) in [5, 5.41) is 0. The Morgan fingerprint density at radius 2 is 1.96 bits per heavy atom. The molecule has 2 aliphatic heterocycles. The van der Waals surface area contributed by atoms with E-state index in [0.717, 1.165) is 53.7 Å². The Kier molecular flexibility index (Phi) is 4.83. The first kappa shape index (κ1) is 17.6. The normalized spacial score (nSPS) is 16.1. The summed E-state index contributed by atoms with van der Waals surface area (Å²) in [5.41, 5.74) is 3.21. The quantitative estimate of drug-likeness (QED) is 0.812. The molecule has 2 aromatic rings. The number of anilines is 1. The predicted molar refractivity (Wildman–Crippen MR) is 101 cm³/mol. The van der Waals surface area contributed by atoms with Crippen LogP contribution in [0.3, 0.4) is 0 Å². The average Bonchev–Trinajstić information content (AvgIpc) is 2.87. The van der Waals surface area contributed by atoms with Crippen LogP contribution in [-0.4, -0.2) is 53.7 Å². The smallest absolute Gasteiger partial charge is 0.409 e. The summed E-state index contributed by atoms with van der Waals surface area (Å²) in [6, 6.07) is 8.10. The van der Waals surface area contributed by atoms with E-state index < -0.39 is 0 Å². The number of ether oxygens (including phenoxy) is 2. The zero-order valence-corrected chi connectivity index (χ0v) is 15.8. The van der Waals surface area contributed by atoms with Gasteiger partial charge in [-0.2, -0.15) is 0 Å². The number of piperazine rings is 1. The highest BCUT2D eigenvalue weighted by Crippen LogP contribution is 2.32. The molecular formula is C20H24N4O3. The van der Waals surface area contributed by atoms with Crippen LogP contribution in [0.1, 0.15) is 29.6 Å². The molecule has 1 fully saturated rings. The summed E-state index contributed by atoms with van der Waals surface area (Å²) in [7, 11) is 0. The van der Waals surface area contributed by atoms with Gasteiger partial charge < -0.3 is 19.3 Å². The molecule has 142 valence electrons. The number of hydrogen-bond acceptors (Lipinski definition) is 6. The van der Waals surface area contributed by atoms with Crippen LogP contribution in [0.5, 0.6) is 5.75 Å². The first-order valence-electron chi connectivity index (χ1n) is 9.39. The Balaban J connectivity index is 1.60. The summed E-state index contributed by atoms with van der Waals surface area (Å²) < 4.78 is 11.1. The summed E-state index contributed by atoms with van der Waals surface area (Å²) in [5.74, 6) is 2.61. The van der Waals surface area contributed by atoms with Crippen LogP contribution < -0.4 is 9.64 Å². The lowest BCUT2D eigenvalue weighted by Gasteiger charge is -2.35. The van der Waals surface area contributed by atoms with Gasteiger partial charge in [0.25, 0.3) is 0 Å². The molecule has 27 heavy (non-hydrogen) atoms. The predicted octanol–water partition coefficient (Wildman–Crippen LogP) is 2.55. The number of carbonyl (C=O) groups excluding carboxylic acids is 1. The van der Waals surface area contributed by atoms with E-state index in [2.05, 4.69) is 16.0 Å². The van der Waals surface area contributed by atoms with Crippen molar-refractivity contribution < 1.29 is 14.3 Å². The Morgan fingerprint density at radius 1 is 1.19 bits per heavy atom. The standard InChI is InChI=1S/C20H24N4O3/c1-3-26-20(25)24-10-8-23(9-11-24)19-16-12-15-6-4-5-7-18(15)27-13-17(16)21-14(2)22-19/h4-7H,3,8-13H2,1-2H3. The summed E-state index contributed by atoms with van der Waals surface area (Å²) in [4.78, 5) is 25.3. The van der Waals surface area contributed by atoms with Crippen LogP contribution in [-0.2, 0) is 17.8 Å². The van der Waals surface area contributed by atoms with E-state index in [4.69, 9.17) is 14.5 Å². The number of rotatable bonds is 2. The van der Waals surface area contributed by atoms with E-state index in [1.807, 2.05) is 32.0 Å². The van der Waals surface area contributed by atoms with Crippen LogP contribution in [0.15, 0.2) is 24.3 Å². The Morgan fingerprint density at radius 3 is 2.74 bits per heavy atom. The Bertz CT molecular complexity index is 847. The summed E-state index contributed by atoms with van der Waals surface area (Å²) in [6.07, 6.45) is 0.510. The molecule has 1 aromatic heterocycles. The molecule has 3 heterocycles. The van der Waals surface area contributed by atoms with Crippen molar-refractivity contribution in [3.8, 4) is 5.75 Å². The van der Waals surface area contributed by atoms with Gasteiger partial charge in [0.15, 0.2) is 0 Å². The molecule has 0 aliphatic carbocycles. The second-order valence-electron chi connectivity index (χ2n) is 6.77. The molecule has 0 atom stereocenters. The van der Waals surface area contributed by atoms with Crippen LogP contribution >= 0.6 is 0 Å². The molecule has 0 N–H and O–H groups in total. The van der Waals surface area contributed by atoms with E-state index in [1.165, 1.54) is 0 Å². The zero-order chi connectivity index (χ0) is 18.8. The van der Waals surface area contributed by atoms with Crippen LogP contribution in [0.4, 0.5) is 10.6 Å². The first-order valence-corrected chi connectivity index (χ1v) is 9.39. The zero-order valence-electron chi connectivity index (χ0n) is 15.8. The third-order valence-corrected chi connectivity index (χ3v) is 4.99. The molecule has 0 spiro atoms. The van der Waals surface area contributed by atoms with Gasteiger partial charge in [-0.3, -0.25) is 0 Å². The van der Waals surface area contributed by atoms with Gasteiger partial charge >= 0.3 is 6.09 Å². The third kappa shape index (κ3) is 3.54. The Hall–Kier alpha value is -2.83. The van der Waals surface area contributed by atoms with E-state index >= 15 is 0 Å². The molecule has 0 saturated carbocycles. The van der Waals surface area contributed by atoms with Crippen molar-refractivity contribution in [2.75, 3.05) is 37.7 Å². The van der Waals surface area contributed by atoms with E-state index in [-0.39, 0.29) is 6.09 Å². The van der Waals surface area contributed by atoms with Gasteiger partial charge in [0.2, 0.25) is 0 Å². The highest BCUT2D eigenvalue weighted by atomic mass is 16.6. The molecule has 1 aromatic carbocycles. The van der Waals surface area contributed by atoms with Crippen LogP contribution in [0, 0.1) is 6.92 Å². The van der Waals surface area contributed by atoms with E-state index in [1.54, 1.807) is 4.90 Å². The largest absolute Gasteiger partial charge is 0.487 e. The lowest BCUT2D eigenvalue weighted by molar-refractivity contribution is 0.105. The lowest BCUT2D eigenvalue weighted by Crippen LogP contribution is -2.49. The number of fused-ring (bicyclic) bond motifs is 2. The number of aryl methyl sites for hydroxylation is 1. The topological polar surface area (TPSA) is 67.8 Å². The first-order chi connectivity index (χ1) is 13.2. The summed E-state index contributed by atoms with van der Waals surface area (Å²) in [6.45, 7) is 7.30. The van der Waals surface area contributed by atoms with Crippen molar-refractivity contribution in [2.45, 2.75) is 26.9 Å². The van der Waals surface area contributed by atoms with Crippen molar-refractivity contribution >= 4 is 11.9 Å². The highest BCUT2D eigenvalue weighted by Gasteiger charge is 2.27. The van der Waals surface area contributed by atoms with Crippen LogP contribution in [0.25, 0.3) is 0 Å². The highest BCUT2D eigenvalue weighted by molar-refractivity contribution is 5.68. The monoisotopic (exact) mass is 368 g/mol. The van der Waals surface area contributed by atoms with Crippen molar-refractivity contribution in [3.63, 3.8) is 0 Å². The number of para-hydroxylation sites is 1. The minimum absolute atomic E-state index is 0.239. The van der Waals surface area contributed by atoms with Gasteiger partial charge in [0.05, 0.1) is 12.3 Å². The van der Waals surface area contributed by atoms with E-state index in [0.29, 0.717) is 26.3 Å². The molecular weight excluding hydrogens is 344 g/mol. The number of aromatic nitrogens is 2. The maximum atomic E-state index is 12.0. The number of amides is 1. The fraction of sp³-hybridized carbons (Fsp3) is 0.450. The Labute approximate surface area is 158 Å². The molecule has 1 saturated heterocycles. The minimum atomic E-state index is -0.239. The molecule has 0 bridgehead atoms. The van der Waals surface area contributed by atoms with Gasteiger partial charge in [-0.05, 0) is 25.5 Å². The van der Waals surface area contributed by atoms with Crippen molar-refractivity contribution in [1.29, 1.82) is 0 Å². The van der Waals surface area contributed by atoms with Crippen molar-refractivity contribution in [3.05, 3.63) is 46.9 Å². The number of carbonyl (C=O) groups is 1. The second kappa shape index (κ2) is 7.42. The van der Waals surface area contributed by atoms with Gasteiger partial charge in [-0.1, -0.05) is 18.2 Å². The number of hydrogen-bond donors (Lipinski definition) is 0. The average molecular weight is 368 g/mol. The second-order valence-corrected chi connectivity index (χ2v) is 6.77. The van der Waals surface area contributed by atoms with Gasteiger partial charge in [0.1, 0.15) is 24.0 Å². The molecule has 0 radical (unpaired) electrons. The van der Waals surface area contributed by atoms with Gasteiger partial charge in [-0.25, -0.2) is 14.8 Å². The fourth-order valence-corrected chi connectivity index (χ4v) is 3.64. The maximum absolute atomic E-state index is 12.0.